The van der Waals surface area contributed by atoms with E-state index in [1.807, 2.05) is 69.2 Å². The number of rotatable bonds is 18. The smallest absolute Gasteiger partial charge is 0.382 e. The van der Waals surface area contributed by atoms with Crippen molar-refractivity contribution in [1.82, 2.24) is 0 Å². The molecule has 8 rings (SSSR count). The van der Waals surface area contributed by atoms with Gasteiger partial charge in [0, 0.05) is 66.1 Å². The van der Waals surface area contributed by atoms with Crippen LogP contribution in [0.3, 0.4) is 0 Å². The molecular formula is C68H50B2F40Li2O5. The van der Waals surface area contributed by atoms with Crippen LogP contribution >= 0.6 is 0 Å². The van der Waals surface area contributed by atoms with Crippen LogP contribution in [0.15, 0.2) is 0 Å². The molecule has 0 saturated carbocycles. The summed E-state index contributed by atoms with van der Waals surface area (Å²) < 4.78 is 612. The van der Waals surface area contributed by atoms with E-state index < -0.39 is 289 Å². The van der Waals surface area contributed by atoms with Crippen LogP contribution in [-0.2, 0) is 23.7 Å². The second-order valence-electron chi connectivity index (χ2n) is 21.5. The molecular weight excluding hydrogens is 1690 g/mol. The number of halogens is 40. The van der Waals surface area contributed by atoms with E-state index in [9.17, 15) is 105 Å². The minimum Gasteiger partial charge on any atom is -0.382 e. The summed E-state index contributed by atoms with van der Waals surface area (Å²) in [5.74, 6) is -143. The quantitative estimate of drug-likeness (QED) is 0.0371. The second kappa shape index (κ2) is 46.6. The van der Waals surface area contributed by atoms with Crippen LogP contribution in [0.1, 0.15) is 69.2 Å². The second-order valence-corrected chi connectivity index (χ2v) is 21.5. The summed E-state index contributed by atoms with van der Waals surface area (Å²) in [6, 6.07) is 0. The van der Waals surface area contributed by atoms with Crippen molar-refractivity contribution in [2.45, 2.75) is 69.2 Å². The van der Waals surface area contributed by atoms with Crippen LogP contribution in [-0.4, -0.2) is 78.4 Å². The van der Waals surface area contributed by atoms with Crippen molar-refractivity contribution in [3.63, 3.8) is 0 Å². The molecule has 0 heterocycles. The van der Waals surface area contributed by atoms with E-state index in [2.05, 4.69) is 0 Å². The molecule has 640 valence electrons. The van der Waals surface area contributed by atoms with Crippen LogP contribution in [0.4, 0.5) is 176 Å². The van der Waals surface area contributed by atoms with E-state index in [0.29, 0.717) is 0 Å². The molecule has 0 aliphatic rings. The molecule has 0 aromatic heterocycles. The molecule has 0 atom stereocenters. The van der Waals surface area contributed by atoms with Gasteiger partial charge in [0.1, 0.15) is 105 Å². The zero-order valence-corrected chi connectivity index (χ0v) is 61.4. The minimum absolute atomic E-state index is 0. The van der Waals surface area contributed by atoms with E-state index in [4.69, 9.17) is 23.7 Å². The van der Waals surface area contributed by atoms with Crippen molar-refractivity contribution < 1.29 is 237 Å². The van der Waals surface area contributed by atoms with Gasteiger partial charge in [0.25, 0.3) is 0 Å². The Morgan fingerprint density at radius 2 is 0.171 bits per heavy atom. The summed E-state index contributed by atoms with van der Waals surface area (Å²) in [4.78, 5) is 0. The summed E-state index contributed by atoms with van der Waals surface area (Å²) in [5.41, 5.74) is -28.7. The Morgan fingerprint density at radius 3 is 0.214 bits per heavy atom. The first-order valence-corrected chi connectivity index (χ1v) is 31.8. The first-order valence-electron chi connectivity index (χ1n) is 31.8. The van der Waals surface area contributed by atoms with Crippen LogP contribution < -0.4 is 81.4 Å². The minimum atomic E-state index is -7.22. The van der Waals surface area contributed by atoms with Gasteiger partial charge in [-0.3, -0.25) is 0 Å². The Hall–Kier alpha value is -7.92. The van der Waals surface area contributed by atoms with Gasteiger partial charge in [0.05, 0.1) is 0 Å². The molecule has 49 heteroatoms. The topological polar surface area (TPSA) is 46.2 Å². The zero-order chi connectivity index (χ0) is 89.3. The zero-order valence-electron chi connectivity index (χ0n) is 61.4. The van der Waals surface area contributed by atoms with Crippen LogP contribution in [0.2, 0.25) is 0 Å². The average Bonchev–Trinajstić information content (AvgIpc) is 0.686. The average molecular weight is 1740 g/mol. The van der Waals surface area contributed by atoms with Crippen molar-refractivity contribution in [1.29, 1.82) is 0 Å². The summed E-state index contributed by atoms with van der Waals surface area (Å²) in [6.07, 6.45) is -14.4. The van der Waals surface area contributed by atoms with Crippen LogP contribution in [0, 0.1) is 233 Å². The molecule has 0 unspecified atom stereocenters. The fourth-order valence-electron chi connectivity index (χ4n) is 10.8. The third-order valence-electron chi connectivity index (χ3n) is 15.5. The molecule has 0 aliphatic heterocycles. The summed E-state index contributed by atoms with van der Waals surface area (Å²) >= 11 is 0. The number of ether oxygens (including phenoxy) is 5. The summed E-state index contributed by atoms with van der Waals surface area (Å²) in [7, 11) is 0. The van der Waals surface area contributed by atoms with Gasteiger partial charge in [-0.2, -0.15) is 0 Å². The number of hydrogen-bond donors (Lipinski definition) is 0. The Kier molecular flexibility index (Phi) is 43.4. The standard InChI is InChI=1S/2C24BF20.5C4H10O.2Li/c2*26-5-1(6(27)14(35)21(42)13(5)34)25(2-7(28)15(36)22(43)16(37)8(2)29,3-9(30)17(38)23(44)18(39)10(3)31)4-11(32)19(40)24(45)20(41)12(4)33;5*1-3-5-4-2;;/h;;5*3-4H2,1-2H3;;/q2*-1;;;;;;2*+1. The van der Waals surface area contributed by atoms with Crippen molar-refractivity contribution in [2.75, 3.05) is 66.1 Å². The molecule has 0 spiro atoms. The van der Waals surface area contributed by atoms with Gasteiger partial charge in [0.2, 0.25) is 0 Å². The molecule has 0 fully saturated rings. The SMILES string of the molecule is CCOCC.CCOCC.CCOCC.CCOCC.CCOCC.Fc1c(F)c(F)c([B-](c2c(F)c(F)c(F)c(F)c2F)(c2c(F)c(F)c(F)c(F)c2F)c2c(F)c(F)c(F)c(F)c2F)c(F)c1F.Fc1c(F)c(F)c([B-](c2c(F)c(F)c(F)c(F)c2F)(c2c(F)c(F)c(F)c(F)c2F)c2c(F)c(F)c(F)c(F)c2F)c(F)c1F.[Li+].[Li+]. The maximum atomic E-state index is 15.4. The Morgan fingerprint density at radius 1 is 0.120 bits per heavy atom. The molecule has 0 amide bonds. The van der Waals surface area contributed by atoms with Crippen LogP contribution in [0.5, 0.6) is 0 Å². The molecule has 0 aliphatic carbocycles. The van der Waals surface area contributed by atoms with Gasteiger partial charge >= 0.3 is 37.7 Å². The van der Waals surface area contributed by atoms with Gasteiger partial charge in [-0.1, -0.05) is 0 Å². The van der Waals surface area contributed by atoms with E-state index in [-0.39, 0.29) is 37.7 Å². The normalized spacial score (nSPS) is 11.0. The van der Waals surface area contributed by atoms with E-state index >= 15 is 70.2 Å². The van der Waals surface area contributed by atoms with Gasteiger partial charge in [-0.15, -0.1) is 43.7 Å². The molecule has 8 aromatic rings. The summed E-state index contributed by atoms with van der Waals surface area (Å²) in [5, 5.41) is 0. The Balaban J connectivity index is 0.00000175. The molecule has 117 heavy (non-hydrogen) atoms. The molecule has 0 saturated heterocycles. The van der Waals surface area contributed by atoms with Crippen molar-refractivity contribution in [3.8, 4) is 0 Å². The molecule has 0 bridgehead atoms. The third-order valence-corrected chi connectivity index (χ3v) is 15.5. The monoisotopic (exact) mass is 1740 g/mol. The molecule has 0 radical (unpaired) electrons. The van der Waals surface area contributed by atoms with Crippen molar-refractivity contribution >= 4 is 56.0 Å². The third kappa shape index (κ3) is 20.8. The van der Waals surface area contributed by atoms with E-state index in [1.165, 1.54) is 0 Å². The predicted octanol–water partition coefficient (Wildman–Crippen LogP) is 10.9. The Labute approximate surface area is 658 Å². The Bertz CT molecular complexity index is 3720. The van der Waals surface area contributed by atoms with Crippen LogP contribution in [0.25, 0.3) is 0 Å². The van der Waals surface area contributed by atoms with Crippen molar-refractivity contribution in [3.05, 3.63) is 233 Å². The number of hydrogen-bond acceptors (Lipinski definition) is 5. The first-order chi connectivity index (χ1) is 53.5. The van der Waals surface area contributed by atoms with Gasteiger partial charge in [-0.25, -0.2) is 176 Å². The molecule has 0 N–H and O–H groups in total. The number of benzene rings is 8. The maximum Gasteiger partial charge on any atom is 1.00 e. The molecule has 5 nitrogen and oxygen atoms in total. The largest absolute Gasteiger partial charge is 1.00 e. The van der Waals surface area contributed by atoms with Gasteiger partial charge in [-0.05, 0) is 69.2 Å². The van der Waals surface area contributed by atoms with Crippen molar-refractivity contribution in [2.24, 2.45) is 0 Å². The van der Waals surface area contributed by atoms with Gasteiger partial charge < -0.3 is 23.7 Å². The van der Waals surface area contributed by atoms with E-state index in [1.54, 1.807) is 0 Å². The fourth-order valence-corrected chi connectivity index (χ4v) is 10.8. The van der Waals surface area contributed by atoms with E-state index in [0.717, 1.165) is 66.1 Å². The predicted molar refractivity (Wildman–Crippen MR) is 329 cm³/mol. The summed E-state index contributed by atoms with van der Waals surface area (Å²) in [6.45, 7) is 28.3. The fraction of sp³-hybridized carbons (Fsp3) is 0.294. The first kappa shape index (κ1) is 109. The molecule has 8 aromatic carbocycles. The maximum absolute atomic E-state index is 15.4. The van der Waals surface area contributed by atoms with Gasteiger partial charge in [0.15, 0.2) is 140 Å².